The van der Waals surface area contributed by atoms with Crippen molar-refractivity contribution in [3.05, 3.63) is 24.3 Å². The van der Waals surface area contributed by atoms with Crippen molar-refractivity contribution < 1.29 is 0 Å². The summed E-state index contributed by atoms with van der Waals surface area (Å²) in [4.78, 5) is 4.90. The van der Waals surface area contributed by atoms with E-state index in [0.29, 0.717) is 6.04 Å². The van der Waals surface area contributed by atoms with Crippen molar-refractivity contribution in [2.45, 2.75) is 31.7 Å². The van der Waals surface area contributed by atoms with Crippen molar-refractivity contribution in [1.29, 1.82) is 0 Å². The molecule has 1 fully saturated rings. The second-order valence-electron chi connectivity index (χ2n) is 6.04. The molecule has 104 valence electrons. The standard InChI is InChI=1S/C16H25N3/c1-18-11-12-19(16-8-3-2-7-15(16)18)10-9-13-5-4-6-14(13)17/h2-3,7-8,13-14H,4-6,9-12,17H2,1H3. The smallest absolute Gasteiger partial charge is 0.0604 e. The van der Waals surface area contributed by atoms with E-state index < -0.39 is 0 Å². The van der Waals surface area contributed by atoms with Crippen LogP contribution in [0.5, 0.6) is 0 Å². The molecule has 0 amide bonds. The van der Waals surface area contributed by atoms with E-state index in [1.54, 1.807) is 0 Å². The Balaban J connectivity index is 1.67. The number of anilines is 2. The second-order valence-corrected chi connectivity index (χ2v) is 6.04. The number of nitrogens with two attached hydrogens (primary N) is 1. The molecule has 1 saturated carbocycles. The van der Waals surface area contributed by atoms with Crippen LogP contribution in [-0.2, 0) is 0 Å². The average molecular weight is 259 g/mol. The number of fused-ring (bicyclic) bond motifs is 1. The highest BCUT2D eigenvalue weighted by Gasteiger charge is 2.25. The van der Waals surface area contributed by atoms with Crippen molar-refractivity contribution in [1.82, 2.24) is 0 Å². The molecular formula is C16H25N3. The van der Waals surface area contributed by atoms with Gasteiger partial charge >= 0.3 is 0 Å². The van der Waals surface area contributed by atoms with Crippen molar-refractivity contribution in [3.8, 4) is 0 Å². The van der Waals surface area contributed by atoms with Crippen LogP contribution in [-0.4, -0.2) is 32.7 Å². The predicted octanol–water partition coefficient (Wildman–Crippen LogP) is 2.46. The highest BCUT2D eigenvalue weighted by atomic mass is 15.2. The highest BCUT2D eigenvalue weighted by Crippen LogP contribution is 2.33. The number of benzene rings is 1. The molecule has 2 aliphatic rings. The van der Waals surface area contributed by atoms with Gasteiger partial charge in [-0.25, -0.2) is 0 Å². The van der Waals surface area contributed by atoms with Crippen LogP contribution in [0.15, 0.2) is 24.3 Å². The van der Waals surface area contributed by atoms with Crippen LogP contribution in [0.4, 0.5) is 11.4 Å². The van der Waals surface area contributed by atoms with E-state index in [9.17, 15) is 0 Å². The predicted molar refractivity (Wildman–Crippen MR) is 81.9 cm³/mol. The number of para-hydroxylation sites is 2. The van der Waals surface area contributed by atoms with Gasteiger partial charge in [0, 0.05) is 32.7 Å². The van der Waals surface area contributed by atoms with Crippen LogP contribution < -0.4 is 15.5 Å². The van der Waals surface area contributed by atoms with E-state index in [-0.39, 0.29) is 0 Å². The molecular weight excluding hydrogens is 234 g/mol. The molecule has 0 aromatic heterocycles. The highest BCUT2D eigenvalue weighted by molar-refractivity contribution is 5.73. The van der Waals surface area contributed by atoms with Crippen LogP contribution in [0.1, 0.15) is 25.7 Å². The van der Waals surface area contributed by atoms with Crippen LogP contribution in [0.25, 0.3) is 0 Å². The SMILES string of the molecule is CN1CCN(CCC2CCCC2N)c2ccccc21. The fourth-order valence-electron chi connectivity index (χ4n) is 3.54. The molecule has 1 aliphatic carbocycles. The summed E-state index contributed by atoms with van der Waals surface area (Å²) in [6.45, 7) is 3.41. The lowest BCUT2D eigenvalue weighted by Gasteiger charge is -2.37. The molecule has 0 spiro atoms. The van der Waals surface area contributed by atoms with Gasteiger partial charge in [-0.05, 0) is 37.3 Å². The third-order valence-electron chi connectivity index (χ3n) is 4.83. The van der Waals surface area contributed by atoms with E-state index >= 15 is 0 Å². The summed E-state index contributed by atoms with van der Waals surface area (Å²) >= 11 is 0. The molecule has 3 nitrogen and oxygen atoms in total. The molecule has 19 heavy (non-hydrogen) atoms. The van der Waals surface area contributed by atoms with Crippen molar-refractivity contribution >= 4 is 11.4 Å². The lowest BCUT2D eigenvalue weighted by atomic mass is 9.99. The number of nitrogens with zero attached hydrogens (tertiary/aromatic N) is 2. The summed E-state index contributed by atoms with van der Waals surface area (Å²) in [5.41, 5.74) is 8.94. The summed E-state index contributed by atoms with van der Waals surface area (Å²) < 4.78 is 0. The van der Waals surface area contributed by atoms with Crippen molar-refractivity contribution in [2.24, 2.45) is 11.7 Å². The molecule has 1 heterocycles. The molecule has 2 atom stereocenters. The van der Waals surface area contributed by atoms with E-state index in [0.717, 1.165) is 25.6 Å². The first-order valence-electron chi connectivity index (χ1n) is 7.56. The van der Waals surface area contributed by atoms with Gasteiger partial charge in [-0.1, -0.05) is 18.6 Å². The molecule has 1 aromatic rings. The van der Waals surface area contributed by atoms with Gasteiger partial charge in [0.25, 0.3) is 0 Å². The first kappa shape index (κ1) is 12.8. The maximum Gasteiger partial charge on any atom is 0.0604 e. The molecule has 0 saturated heterocycles. The summed E-state index contributed by atoms with van der Waals surface area (Å²) in [6, 6.07) is 9.20. The molecule has 2 unspecified atom stereocenters. The van der Waals surface area contributed by atoms with E-state index in [1.807, 2.05) is 0 Å². The first-order valence-corrected chi connectivity index (χ1v) is 7.56. The van der Waals surface area contributed by atoms with Gasteiger partial charge in [0.15, 0.2) is 0 Å². The van der Waals surface area contributed by atoms with Gasteiger partial charge in [-0.3, -0.25) is 0 Å². The zero-order valence-electron chi connectivity index (χ0n) is 11.9. The lowest BCUT2D eigenvalue weighted by Crippen LogP contribution is -2.40. The number of rotatable bonds is 3. The summed E-state index contributed by atoms with van der Waals surface area (Å²) in [5.74, 6) is 0.742. The van der Waals surface area contributed by atoms with E-state index in [4.69, 9.17) is 5.73 Å². The normalized spacial score (nSPS) is 26.6. The third-order valence-corrected chi connectivity index (χ3v) is 4.83. The maximum atomic E-state index is 6.18. The number of hydrogen-bond donors (Lipinski definition) is 1. The topological polar surface area (TPSA) is 32.5 Å². The monoisotopic (exact) mass is 259 g/mol. The molecule has 3 heteroatoms. The minimum atomic E-state index is 0.447. The third kappa shape index (κ3) is 2.57. The Morgan fingerprint density at radius 2 is 1.95 bits per heavy atom. The zero-order valence-corrected chi connectivity index (χ0v) is 11.9. The first-order chi connectivity index (χ1) is 9.25. The van der Waals surface area contributed by atoms with Crippen molar-refractivity contribution in [3.63, 3.8) is 0 Å². The summed E-state index contributed by atoms with van der Waals surface area (Å²) in [6.07, 6.45) is 5.13. The molecule has 1 aromatic carbocycles. The summed E-state index contributed by atoms with van der Waals surface area (Å²) in [7, 11) is 2.18. The van der Waals surface area contributed by atoms with E-state index in [1.165, 1.54) is 37.1 Å². The Kier molecular flexibility index (Phi) is 3.65. The summed E-state index contributed by atoms with van der Waals surface area (Å²) in [5, 5.41) is 0. The van der Waals surface area contributed by atoms with Crippen LogP contribution in [0.3, 0.4) is 0 Å². The minimum absolute atomic E-state index is 0.447. The molecule has 2 N–H and O–H groups in total. The molecule has 1 aliphatic heterocycles. The van der Waals surface area contributed by atoms with Gasteiger partial charge in [-0.15, -0.1) is 0 Å². The van der Waals surface area contributed by atoms with Gasteiger partial charge < -0.3 is 15.5 Å². The lowest BCUT2D eigenvalue weighted by molar-refractivity contribution is 0.445. The quantitative estimate of drug-likeness (QED) is 0.905. The average Bonchev–Trinajstić information content (AvgIpc) is 2.84. The fraction of sp³-hybridized carbons (Fsp3) is 0.625. The largest absolute Gasteiger partial charge is 0.371 e. The van der Waals surface area contributed by atoms with E-state index in [2.05, 4.69) is 41.1 Å². The molecule has 0 bridgehead atoms. The second kappa shape index (κ2) is 5.41. The Morgan fingerprint density at radius 1 is 1.16 bits per heavy atom. The van der Waals surface area contributed by atoms with Crippen LogP contribution in [0, 0.1) is 5.92 Å². The Hall–Kier alpha value is -1.22. The molecule has 3 rings (SSSR count). The fourth-order valence-corrected chi connectivity index (χ4v) is 3.54. The van der Waals surface area contributed by atoms with Gasteiger partial charge in [0.05, 0.1) is 11.4 Å². The van der Waals surface area contributed by atoms with Gasteiger partial charge in [0.2, 0.25) is 0 Å². The van der Waals surface area contributed by atoms with Crippen LogP contribution in [0.2, 0.25) is 0 Å². The van der Waals surface area contributed by atoms with Gasteiger partial charge in [-0.2, -0.15) is 0 Å². The Morgan fingerprint density at radius 3 is 2.68 bits per heavy atom. The maximum absolute atomic E-state index is 6.18. The molecule has 0 radical (unpaired) electrons. The number of likely N-dealkylation sites (N-methyl/N-ethyl adjacent to an activating group) is 1. The Bertz CT molecular complexity index is 432. The number of hydrogen-bond acceptors (Lipinski definition) is 3. The van der Waals surface area contributed by atoms with Gasteiger partial charge in [0.1, 0.15) is 0 Å². The minimum Gasteiger partial charge on any atom is -0.371 e. The van der Waals surface area contributed by atoms with Crippen LogP contribution >= 0.6 is 0 Å². The van der Waals surface area contributed by atoms with Crippen molar-refractivity contribution in [2.75, 3.05) is 36.5 Å². The Labute approximate surface area is 116 Å². The zero-order chi connectivity index (χ0) is 13.2.